The lowest BCUT2D eigenvalue weighted by atomic mass is 9.94. The van der Waals surface area contributed by atoms with E-state index < -0.39 is 0 Å². The van der Waals surface area contributed by atoms with Crippen molar-refractivity contribution in [3.05, 3.63) is 48.7 Å². The molecule has 0 aliphatic carbocycles. The zero-order valence-corrected chi connectivity index (χ0v) is 11.2. The van der Waals surface area contributed by atoms with Crippen LogP contribution in [0, 0.1) is 0 Å². The molecule has 2 aromatic carbocycles. The Kier molecular flexibility index (Phi) is 2.70. The third-order valence-corrected chi connectivity index (χ3v) is 3.42. The number of hydrogen-bond donors (Lipinski definition) is 1. The quantitative estimate of drug-likeness (QED) is 0.731. The first kappa shape index (κ1) is 12.1. The van der Waals surface area contributed by atoms with E-state index in [1.165, 1.54) is 0 Å². The number of benzene rings is 2. The van der Waals surface area contributed by atoms with Crippen LogP contribution in [0.1, 0.15) is 1.43 Å². The molecule has 4 nitrogen and oxygen atoms in total. The van der Waals surface area contributed by atoms with E-state index in [2.05, 4.69) is 9.97 Å². The number of nitrogens with zero attached hydrogens (tertiary/aromatic N) is 1. The summed E-state index contributed by atoms with van der Waals surface area (Å²) < 4.78 is 10.7. The normalized spacial score (nSPS) is 12.6. The first-order valence-corrected chi connectivity index (χ1v) is 6.60. The molecule has 0 saturated heterocycles. The predicted octanol–water partition coefficient (Wildman–Crippen LogP) is 2.51. The second-order valence-corrected chi connectivity index (χ2v) is 4.84. The number of imidazole rings is 1. The Hall–Kier alpha value is -2.69. The van der Waals surface area contributed by atoms with E-state index in [1.807, 2.05) is 42.5 Å². The maximum absolute atomic E-state index is 5.81. The van der Waals surface area contributed by atoms with Crippen LogP contribution in [0.4, 0.5) is 0 Å². The van der Waals surface area contributed by atoms with Gasteiger partial charge in [-0.3, -0.25) is 0 Å². The highest BCUT2D eigenvalue weighted by atomic mass is 16.7. The summed E-state index contributed by atoms with van der Waals surface area (Å²) in [6, 6.07) is 13.5. The molecule has 1 aliphatic heterocycles. The largest absolute Gasteiger partial charge is 0.454 e. The van der Waals surface area contributed by atoms with Crippen molar-refractivity contribution < 1.29 is 10.9 Å². The number of rotatable bonds is 2. The first-order chi connectivity index (χ1) is 10.3. The number of ether oxygens (including phenoxy) is 2. The van der Waals surface area contributed by atoms with Crippen LogP contribution in [-0.2, 0) is 0 Å². The van der Waals surface area contributed by atoms with Crippen molar-refractivity contribution in [2.24, 2.45) is 0 Å². The number of hydrogen-bond acceptors (Lipinski definition) is 3. The molecule has 2 heterocycles. The molecule has 1 aromatic heterocycles. The number of aromatic nitrogens is 2. The van der Waals surface area contributed by atoms with Gasteiger partial charge in [0.25, 0.3) is 0 Å². The summed E-state index contributed by atoms with van der Waals surface area (Å²) in [5, 5.41) is 0. The van der Waals surface area contributed by atoms with E-state index >= 15 is 0 Å². The number of fused-ring (bicyclic) bond motifs is 1. The molecule has 0 amide bonds. The van der Waals surface area contributed by atoms with Crippen molar-refractivity contribution in [3.8, 4) is 34.1 Å². The Balaban J connectivity index is 0.00000144. The van der Waals surface area contributed by atoms with Gasteiger partial charge in [-0.15, -0.1) is 0 Å². The molecule has 0 unspecified atom stereocenters. The molecule has 0 spiro atoms. The van der Waals surface area contributed by atoms with E-state index in [0.29, 0.717) is 0 Å². The van der Waals surface area contributed by atoms with E-state index in [0.717, 1.165) is 39.6 Å². The van der Waals surface area contributed by atoms with Crippen molar-refractivity contribution in [2.45, 2.75) is 0 Å². The lowest BCUT2D eigenvalue weighted by Crippen LogP contribution is -2.00. The monoisotopic (exact) mass is 276 g/mol. The highest BCUT2D eigenvalue weighted by molar-refractivity contribution is 6.32. The standard InChI is InChI=1S/C16H11BN2O2.H2/c17-12-3-1-2-10(6-12)13-8-18-16(19-13)11-4-5-14-15(7-11)21-9-20-14;/h1-8H,9H2,(H,18,19);1H. The second-order valence-electron chi connectivity index (χ2n) is 4.84. The molecule has 0 bridgehead atoms. The topological polar surface area (TPSA) is 47.1 Å². The van der Waals surface area contributed by atoms with E-state index in [9.17, 15) is 0 Å². The van der Waals surface area contributed by atoms with Gasteiger partial charge >= 0.3 is 0 Å². The van der Waals surface area contributed by atoms with Crippen LogP contribution >= 0.6 is 0 Å². The molecular weight excluding hydrogens is 263 g/mol. The van der Waals surface area contributed by atoms with Gasteiger partial charge in [-0.1, -0.05) is 29.7 Å². The minimum absolute atomic E-state index is 0. The maximum Gasteiger partial charge on any atom is 0.231 e. The minimum Gasteiger partial charge on any atom is -0.454 e. The Morgan fingerprint density at radius 3 is 2.86 bits per heavy atom. The highest BCUT2D eigenvalue weighted by Gasteiger charge is 2.15. The average Bonchev–Trinajstić information content (AvgIpc) is 3.15. The van der Waals surface area contributed by atoms with Crippen molar-refractivity contribution in [1.29, 1.82) is 0 Å². The number of aromatic amines is 1. The average molecular weight is 276 g/mol. The SMILES string of the molecule is [B]c1cccc(-c2cnc(-c3ccc4c(c3)OCO4)[nH]2)c1.[HH]. The summed E-state index contributed by atoms with van der Waals surface area (Å²) >= 11 is 0. The van der Waals surface area contributed by atoms with Gasteiger partial charge in [0.1, 0.15) is 13.7 Å². The van der Waals surface area contributed by atoms with Crippen LogP contribution < -0.4 is 14.9 Å². The molecule has 0 fully saturated rings. The van der Waals surface area contributed by atoms with Gasteiger partial charge in [0, 0.05) is 6.99 Å². The van der Waals surface area contributed by atoms with Crippen molar-refractivity contribution in [3.63, 3.8) is 0 Å². The first-order valence-electron chi connectivity index (χ1n) is 6.60. The van der Waals surface area contributed by atoms with E-state index in [4.69, 9.17) is 17.3 Å². The molecule has 21 heavy (non-hydrogen) atoms. The fourth-order valence-electron chi connectivity index (χ4n) is 2.36. The molecule has 2 radical (unpaired) electrons. The number of nitrogens with one attached hydrogen (secondary N) is 1. The Labute approximate surface area is 124 Å². The fraction of sp³-hybridized carbons (Fsp3) is 0.0625. The lowest BCUT2D eigenvalue weighted by molar-refractivity contribution is 0.174. The van der Waals surface area contributed by atoms with Gasteiger partial charge in [-0.05, 0) is 23.8 Å². The second kappa shape index (κ2) is 4.70. The molecule has 1 N–H and O–H groups in total. The zero-order valence-electron chi connectivity index (χ0n) is 11.2. The van der Waals surface area contributed by atoms with Crippen LogP contribution in [-0.4, -0.2) is 24.6 Å². The summed E-state index contributed by atoms with van der Waals surface area (Å²) in [4.78, 5) is 7.73. The highest BCUT2D eigenvalue weighted by Crippen LogP contribution is 2.35. The molecule has 1 aliphatic rings. The van der Waals surface area contributed by atoms with E-state index in [1.54, 1.807) is 6.20 Å². The molecular formula is C16H13BN2O2. The van der Waals surface area contributed by atoms with E-state index in [-0.39, 0.29) is 8.22 Å². The van der Waals surface area contributed by atoms with Gasteiger partial charge in [-0.2, -0.15) is 0 Å². The zero-order chi connectivity index (χ0) is 14.2. The van der Waals surface area contributed by atoms with Gasteiger partial charge < -0.3 is 14.5 Å². The summed E-state index contributed by atoms with van der Waals surface area (Å²) in [5.41, 5.74) is 3.62. The molecule has 4 rings (SSSR count). The van der Waals surface area contributed by atoms with Gasteiger partial charge in [-0.25, -0.2) is 4.98 Å². The van der Waals surface area contributed by atoms with Crippen LogP contribution in [0.5, 0.6) is 11.5 Å². The molecule has 5 heteroatoms. The predicted molar refractivity (Wildman–Crippen MR) is 83.1 cm³/mol. The third kappa shape index (κ3) is 2.16. The Morgan fingerprint density at radius 2 is 1.95 bits per heavy atom. The van der Waals surface area contributed by atoms with Crippen LogP contribution in [0.25, 0.3) is 22.6 Å². The van der Waals surface area contributed by atoms with Crippen LogP contribution in [0.2, 0.25) is 0 Å². The summed E-state index contributed by atoms with van der Waals surface area (Å²) in [6.45, 7) is 0.269. The summed E-state index contributed by atoms with van der Waals surface area (Å²) in [6.07, 6.45) is 1.80. The molecule has 102 valence electrons. The minimum atomic E-state index is 0. The Morgan fingerprint density at radius 1 is 1.05 bits per heavy atom. The van der Waals surface area contributed by atoms with Crippen LogP contribution in [0.3, 0.4) is 0 Å². The third-order valence-electron chi connectivity index (χ3n) is 3.42. The molecule has 3 aromatic rings. The van der Waals surface area contributed by atoms with Gasteiger partial charge in [0.15, 0.2) is 11.5 Å². The van der Waals surface area contributed by atoms with Crippen molar-refractivity contribution in [1.82, 2.24) is 9.97 Å². The van der Waals surface area contributed by atoms with Gasteiger partial charge in [0.2, 0.25) is 6.79 Å². The Bertz CT molecular complexity index is 819. The van der Waals surface area contributed by atoms with Crippen molar-refractivity contribution in [2.75, 3.05) is 6.79 Å². The fourth-order valence-corrected chi connectivity index (χ4v) is 2.36. The van der Waals surface area contributed by atoms with Crippen molar-refractivity contribution >= 4 is 13.3 Å². The van der Waals surface area contributed by atoms with Crippen LogP contribution in [0.15, 0.2) is 48.7 Å². The molecule has 0 atom stereocenters. The molecule has 0 saturated carbocycles. The summed E-state index contributed by atoms with van der Waals surface area (Å²) in [7, 11) is 5.81. The van der Waals surface area contributed by atoms with Gasteiger partial charge in [0.05, 0.1) is 11.9 Å². The smallest absolute Gasteiger partial charge is 0.231 e. The maximum atomic E-state index is 5.81. The lowest BCUT2D eigenvalue weighted by Gasteiger charge is -2.01. The number of H-pyrrole nitrogens is 1. The summed E-state index contributed by atoms with van der Waals surface area (Å²) in [5.74, 6) is 2.29.